The summed E-state index contributed by atoms with van der Waals surface area (Å²) in [7, 11) is 0. The first-order chi connectivity index (χ1) is 12.0. The van der Waals surface area contributed by atoms with Crippen molar-refractivity contribution in [2.45, 2.75) is 45.3 Å². The molecule has 0 heterocycles. The van der Waals surface area contributed by atoms with Crippen molar-refractivity contribution in [3.05, 3.63) is 64.1 Å². The second-order valence-electron chi connectivity index (χ2n) is 6.58. The molecule has 0 unspecified atom stereocenters. The molecule has 3 nitrogen and oxygen atoms in total. The predicted octanol–water partition coefficient (Wildman–Crippen LogP) is 5.05. The van der Waals surface area contributed by atoms with Gasteiger partial charge >= 0.3 is 0 Å². The van der Waals surface area contributed by atoms with E-state index < -0.39 is 6.10 Å². The van der Waals surface area contributed by atoms with Crippen molar-refractivity contribution in [2.75, 3.05) is 13.2 Å². The van der Waals surface area contributed by atoms with Crippen LogP contribution in [0.15, 0.2) is 53.0 Å². The monoisotopic (exact) mass is 405 g/mol. The Morgan fingerprint density at radius 3 is 2.40 bits per heavy atom. The Bertz CT molecular complexity index is 643. The van der Waals surface area contributed by atoms with Crippen LogP contribution in [0.3, 0.4) is 0 Å². The maximum atomic E-state index is 10.3. The van der Waals surface area contributed by atoms with Crippen LogP contribution < -0.4 is 10.1 Å². The number of benzene rings is 2. The van der Waals surface area contributed by atoms with Crippen LogP contribution in [-0.2, 0) is 0 Å². The average Bonchev–Trinajstić information content (AvgIpc) is 2.62. The summed E-state index contributed by atoms with van der Waals surface area (Å²) in [5.41, 5.74) is 2.40. The first-order valence-electron chi connectivity index (χ1n) is 8.89. The largest absolute Gasteiger partial charge is 0.491 e. The summed E-state index contributed by atoms with van der Waals surface area (Å²) in [5.74, 6) is 1.25. The van der Waals surface area contributed by atoms with E-state index in [1.54, 1.807) is 0 Å². The molecule has 2 atom stereocenters. The summed E-state index contributed by atoms with van der Waals surface area (Å²) < 4.78 is 6.92. The topological polar surface area (TPSA) is 41.5 Å². The minimum Gasteiger partial charge on any atom is -0.491 e. The minimum atomic E-state index is -0.551. The maximum Gasteiger partial charge on any atom is 0.122 e. The Kier molecular flexibility index (Phi) is 7.94. The number of para-hydroxylation sites is 1. The molecule has 0 aliphatic carbocycles. The number of rotatable bonds is 9. The van der Waals surface area contributed by atoms with Crippen molar-refractivity contribution < 1.29 is 9.84 Å². The van der Waals surface area contributed by atoms with E-state index in [9.17, 15) is 5.11 Å². The Hall–Kier alpha value is -1.36. The smallest absolute Gasteiger partial charge is 0.122 e. The van der Waals surface area contributed by atoms with Gasteiger partial charge in [0.1, 0.15) is 18.5 Å². The summed E-state index contributed by atoms with van der Waals surface area (Å²) in [5, 5.41) is 13.7. The molecule has 2 N–H and O–H groups in total. The molecule has 0 saturated carbocycles. The van der Waals surface area contributed by atoms with Crippen molar-refractivity contribution >= 4 is 15.9 Å². The van der Waals surface area contributed by atoms with E-state index in [1.807, 2.05) is 30.3 Å². The van der Waals surface area contributed by atoms with Gasteiger partial charge < -0.3 is 15.2 Å². The van der Waals surface area contributed by atoms with Crippen LogP contribution in [0, 0.1) is 0 Å². The third-order valence-corrected chi connectivity index (χ3v) is 4.78. The Labute approximate surface area is 159 Å². The second-order valence-corrected chi connectivity index (χ2v) is 7.49. The van der Waals surface area contributed by atoms with Gasteiger partial charge in [0.25, 0.3) is 0 Å². The molecule has 25 heavy (non-hydrogen) atoms. The quantitative estimate of drug-likeness (QED) is 0.612. The highest BCUT2D eigenvalue weighted by molar-refractivity contribution is 9.10. The average molecular weight is 406 g/mol. The van der Waals surface area contributed by atoms with Gasteiger partial charge in [-0.2, -0.15) is 0 Å². The summed E-state index contributed by atoms with van der Waals surface area (Å²) >= 11 is 3.46. The van der Waals surface area contributed by atoms with E-state index in [-0.39, 0.29) is 12.6 Å². The van der Waals surface area contributed by atoms with Crippen LogP contribution in [0.2, 0.25) is 0 Å². The van der Waals surface area contributed by atoms with Gasteiger partial charge in [-0.1, -0.05) is 67.0 Å². The van der Waals surface area contributed by atoms with Gasteiger partial charge in [-0.05, 0) is 41.7 Å². The molecule has 0 radical (unpaired) electrons. The Morgan fingerprint density at radius 1 is 1.08 bits per heavy atom. The minimum absolute atomic E-state index is 0.228. The summed E-state index contributed by atoms with van der Waals surface area (Å²) in [4.78, 5) is 0. The number of hydrogen-bond donors (Lipinski definition) is 2. The lowest BCUT2D eigenvalue weighted by Crippen LogP contribution is -2.33. The van der Waals surface area contributed by atoms with Crippen molar-refractivity contribution in [2.24, 2.45) is 0 Å². The van der Waals surface area contributed by atoms with Gasteiger partial charge in [-0.15, -0.1) is 0 Å². The molecule has 2 rings (SSSR count). The molecule has 0 spiro atoms. The number of ether oxygens (including phenoxy) is 1. The Morgan fingerprint density at radius 2 is 1.76 bits per heavy atom. The first-order valence-corrected chi connectivity index (χ1v) is 9.69. The second kappa shape index (κ2) is 9.95. The van der Waals surface area contributed by atoms with Gasteiger partial charge in [0.05, 0.1) is 0 Å². The molecular formula is C21H28BrNO2. The lowest BCUT2D eigenvalue weighted by molar-refractivity contribution is 0.103. The van der Waals surface area contributed by atoms with E-state index in [0.29, 0.717) is 12.5 Å². The van der Waals surface area contributed by atoms with Crippen LogP contribution in [0.4, 0.5) is 0 Å². The van der Waals surface area contributed by atoms with Gasteiger partial charge in [0.15, 0.2) is 0 Å². The zero-order valence-corrected chi connectivity index (χ0v) is 16.8. The predicted molar refractivity (Wildman–Crippen MR) is 107 cm³/mol. The van der Waals surface area contributed by atoms with Crippen LogP contribution in [0.25, 0.3) is 0 Å². The number of halogens is 1. The van der Waals surface area contributed by atoms with Crippen LogP contribution in [0.1, 0.15) is 50.3 Å². The molecule has 0 aliphatic heterocycles. The third-order valence-electron chi connectivity index (χ3n) is 4.25. The van der Waals surface area contributed by atoms with E-state index in [1.165, 1.54) is 11.1 Å². The Balaban J connectivity index is 1.85. The molecule has 0 fully saturated rings. The van der Waals surface area contributed by atoms with Gasteiger partial charge in [0, 0.05) is 17.1 Å². The zero-order chi connectivity index (χ0) is 18.2. The molecule has 0 saturated heterocycles. The van der Waals surface area contributed by atoms with Crippen molar-refractivity contribution in [1.82, 2.24) is 5.32 Å². The number of aliphatic hydroxyl groups excluding tert-OH is 1. The maximum absolute atomic E-state index is 10.3. The molecule has 136 valence electrons. The zero-order valence-electron chi connectivity index (χ0n) is 15.2. The fourth-order valence-corrected chi connectivity index (χ4v) is 3.07. The number of nitrogens with one attached hydrogen (secondary N) is 1. The van der Waals surface area contributed by atoms with E-state index in [2.05, 4.69) is 60.2 Å². The van der Waals surface area contributed by atoms with Crippen LogP contribution in [-0.4, -0.2) is 24.4 Å². The van der Waals surface area contributed by atoms with Gasteiger partial charge in [-0.25, -0.2) is 0 Å². The number of aliphatic hydroxyl groups is 1. The highest BCUT2D eigenvalue weighted by Crippen LogP contribution is 2.26. The standard InChI is InChI=1S/C21H28BrNO2/c1-4-20(16-9-11-17(22)12-10-16)23-13-18(24)14-25-21-8-6-5-7-19(21)15(2)3/h5-12,15,18,20,23-24H,4,13-14H2,1-3H3/t18-,20-/m1/s1. The summed E-state index contributed by atoms with van der Waals surface area (Å²) in [6.07, 6.45) is 0.412. The van der Waals surface area contributed by atoms with E-state index in [4.69, 9.17) is 4.74 Å². The van der Waals surface area contributed by atoms with E-state index >= 15 is 0 Å². The molecule has 0 aromatic heterocycles. The van der Waals surface area contributed by atoms with E-state index in [0.717, 1.165) is 16.6 Å². The lowest BCUT2D eigenvalue weighted by atomic mass is 10.0. The molecule has 4 heteroatoms. The van der Waals surface area contributed by atoms with Gasteiger partial charge in [0.2, 0.25) is 0 Å². The third kappa shape index (κ3) is 6.14. The molecular weight excluding hydrogens is 378 g/mol. The first kappa shape index (κ1) is 20.0. The summed E-state index contributed by atoms with van der Waals surface area (Å²) in [6, 6.07) is 16.5. The van der Waals surface area contributed by atoms with Crippen molar-refractivity contribution in [3.8, 4) is 5.75 Å². The van der Waals surface area contributed by atoms with Gasteiger partial charge in [-0.3, -0.25) is 0 Å². The SMILES string of the molecule is CC[C@@H](NC[C@@H](O)COc1ccccc1C(C)C)c1ccc(Br)cc1. The highest BCUT2D eigenvalue weighted by Gasteiger charge is 2.13. The molecule has 0 amide bonds. The molecule has 2 aromatic rings. The number of hydrogen-bond acceptors (Lipinski definition) is 3. The normalized spacial score (nSPS) is 13.7. The lowest BCUT2D eigenvalue weighted by Gasteiger charge is -2.21. The van der Waals surface area contributed by atoms with Crippen LogP contribution >= 0.6 is 15.9 Å². The van der Waals surface area contributed by atoms with Crippen LogP contribution in [0.5, 0.6) is 5.75 Å². The molecule has 0 bridgehead atoms. The van der Waals surface area contributed by atoms with Crippen molar-refractivity contribution in [1.29, 1.82) is 0 Å². The summed E-state index contributed by atoms with van der Waals surface area (Å²) in [6.45, 7) is 7.21. The fourth-order valence-electron chi connectivity index (χ4n) is 2.81. The van der Waals surface area contributed by atoms with Crippen molar-refractivity contribution in [3.63, 3.8) is 0 Å². The molecule has 2 aromatic carbocycles. The highest BCUT2D eigenvalue weighted by atomic mass is 79.9. The molecule has 0 aliphatic rings. The fraction of sp³-hybridized carbons (Fsp3) is 0.429.